The quantitative estimate of drug-likeness (QED) is 0.737. The number of terminal acetylenes is 1. The molecule has 0 fully saturated rings. The average Bonchev–Trinajstić information content (AvgIpc) is 2.25. The monoisotopic (exact) mass is 204 g/mol. The van der Waals surface area contributed by atoms with Gasteiger partial charge in [0.1, 0.15) is 5.82 Å². The van der Waals surface area contributed by atoms with Crippen LogP contribution in [-0.4, -0.2) is 21.0 Å². The van der Waals surface area contributed by atoms with Gasteiger partial charge >= 0.3 is 5.97 Å². The van der Waals surface area contributed by atoms with Crippen LogP contribution in [0.4, 0.5) is 0 Å². The van der Waals surface area contributed by atoms with E-state index in [1.807, 2.05) is 0 Å². The number of aromatic nitrogens is 2. The zero-order valence-corrected chi connectivity index (χ0v) is 8.26. The van der Waals surface area contributed by atoms with E-state index in [-0.39, 0.29) is 12.3 Å². The lowest BCUT2D eigenvalue weighted by Crippen LogP contribution is -2.03. The van der Waals surface area contributed by atoms with Gasteiger partial charge in [0, 0.05) is 18.8 Å². The third kappa shape index (κ3) is 3.77. The molecule has 1 N–H and O–H groups in total. The number of carboxylic acid groups (broad SMARTS) is 1. The van der Waals surface area contributed by atoms with Gasteiger partial charge in [-0.1, -0.05) is 5.92 Å². The fourth-order valence-electron chi connectivity index (χ4n) is 1.23. The van der Waals surface area contributed by atoms with Crippen LogP contribution >= 0.6 is 0 Å². The zero-order chi connectivity index (χ0) is 11.1. The summed E-state index contributed by atoms with van der Waals surface area (Å²) in [5, 5.41) is 8.49. The largest absolute Gasteiger partial charge is 0.481 e. The first-order valence-electron chi connectivity index (χ1n) is 4.69. The molecule has 0 aliphatic heterocycles. The van der Waals surface area contributed by atoms with E-state index in [9.17, 15) is 4.79 Å². The Morgan fingerprint density at radius 3 is 2.73 bits per heavy atom. The van der Waals surface area contributed by atoms with Crippen molar-refractivity contribution in [1.82, 2.24) is 9.97 Å². The Morgan fingerprint density at radius 2 is 2.20 bits per heavy atom. The van der Waals surface area contributed by atoms with Crippen LogP contribution in [0.2, 0.25) is 0 Å². The van der Waals surface area contributed by atoms with Gasteiger partial charge in [0.05, 0.1) is 5.92 Å². The van der Waals surface area contributed by atoms with Gasteiger partial charge in [-0.3, -0.25) is 4.79 Å². The lowest BCUT2D eigenvalue weighted by atomic mass is 10.0. The second-order valence-electron chi connectivity index (χ2n) is 3.11. The summed E-state index contributed by atoms with van der Waals surface area (Å²) in [6, 6.07) is 1.72. The van der Waals surface area contributed by atoms with Crippen molar-refractivity contribution < 1.29 is 9.90 Å². The van der Waals surface area contributed by atoms with Crippen molar-refractivity contribution in [3.8, 4) is 12.3 Å². The number of carboxylic acids is 1. The van der Waals surface area contributed by atoms with Gasteiger partial charge in [-0.2, -0.15) is 0 Å². The molecule has 1 aromatic heterocycles. The second-order valence-corrected chi connectivity index (χ2v) is 3.11. The molecule has 1 rings (SSSR count). The Bertz CT molecular complexity index is 357. The minimum absolute atomic E-state index is 0.130. The smallest absolute Gasteiger partial charge is 0.303 e. The predicted molar refractivity (Wildman–Crippen MR) is 55.1 cm³/mol. The third-order valence-electron chi connectivity index (χ3n) is 1.98. The van der Waals surface area contributed by atoms with E-state index in [4.69, 9.17) is 11.5 Å². The minimum Gasteiger partial charge on any atom is -0.481 e. The van der Waals surface area contributed by atoms with Gasteiger partial charge in [0.25, 0.3) is 0 Å². The SMILES string of the molecule is C#CC(CCCC(=O)O)c1ncccn1. The normalized spacial score (nSPS) is 11.7. The van der Waals surface area contributed by atoms with E-state index in [0.717, 1.165) is 0 Å². The summed E-state index contributed by atoms with van der Waals surface area (Å²) in [4.78, 5) is 18.4. The van der Waals surface area contributed by atoms with Crippen LogP contribution in [0.25, 0.3) is 0 Å². The fraction of sp³-hybridized carbons (Fsp3) is 0.364. The molecule has 15 heavy (non-hydrogen) atoms. The molecule has 4 nitrogen and oxygen atoms in total. The molecule has 0 saturated carbocycles. The molecule has 0 bridgehead atoms. The highest BCUT2D eigenvalue weighted by atomic mass is 16.4. The lowest BCUT2D eigenvalue weighted by Gasteiger charge is -2.07. The number of hydrogen-bond acceptors (Lipinski definition) is 3. The van der Waals surface area contributed by atoms with Gasteiger partial charge in [-0.15, -0.1) is 6.42 Å². The second kappa shape index (κ2) is 5.76. The molecule has 1 heterocycles. The van der Waals surface area contributed by atoms with Gasteiger partial charge < -0.3 is 5.11 Å². The number of carbonyl (C=O) groups is 1. The number of rotatable bonds is 5. The van der Waals surface area contributed by atoms with Crippen LogP contribution in [0.15, 0.2) is 18.5 Å². The van der Waals surface area contributed by atoms with Gasteiger partial charge in [0.15, 0.2) is 0 Å². The van der Waals surface area contributed by atoms with Crippen molar-refractivity contribution >= 4 is 5.97 Å². The highest BCUT2D eigenvalue weighted by Gasteiger charge is 2.11. The maximum Gasteiger partial charge on any atom is 0.303 e. The van der Waals surface area contributed by atoms with Crippen molar-refractivity contribution in [3.05, 3.63) is 24.3 Å². The van der Waals surface area contributed by atoms with Crippen LogP contribution < -0.4 is 0 Å². The van der Waals surface area contributed by atoms with E-state index >= 15 is 0 Å². The highest BCUT2D eigenvalue weighted by Crippen LogP contribution is 2.16. The molecule has 0 spiro atoms. The van der Waals surface area contributed by atoms with E-state index in [0.29, 0.717) is 18.7 Å². The van der Waals surface area contributed by atoms with Gasteiger partial charge in [0.2, 0.25) is 0 Å². The first-order chi connectivity index (χ1) is 7.24. The highest BCUT2D eigenvalue weighted by molar-refractivity contribution is 5.66. The van der Waals surface area contributed by atoms with Crippen molar-refractivity contribution in [2.45, 2.75) is 25.2 Å². The third-order valence-corrected chi connectivity index (χ3v) is 1.98. The molecule has 0 aromatic carbocycles. The summed E-state index contributed by atoms with van der Waals surface area (Å²) in [5.74, 6) is 2.17. The predicted octanol–water partition coefficient (Wildman–Crippen LogP) is 1.45. The van der Waals surface area contributed by atoms with Crippen molar-refractivity contribution in [3.63, 3.8) is 0 Å². The van der Waals surface area contributed by atoms with Gasteiger partial charge in [-0.25, -0.2) is 9.97 Å². The summed E-state index contributed by atoms with van der Waals surface area (Å²) in [7, 11) is 0. The first kappa shape index (κ1) is 11.2. The van der Waals surface area contributed by atoms with Crippen LogP contribution in [0.5, 0.6) is 0 Å². The van der Waals surface area contributed by atoms with Crippen molar-refractivity contribution in [1.29, 1.82) is 0 Å². The summed E-state index contributed by atoms with van der Waals surface area (Å²) < 4.78 is 0. The molecule has 0 aliphatic rings. The average molecular weight is 204 g/mol. The Kier molecular flexibility index (Phi) is 4.30. The van der Waals surface area contributed by atoms with Gasteiger partial charge in [-0.05, 0) is 18.9 Å². The Hall–Kier alpha value is -1.89. The molecule has 0 radical (unpaired) electrons. The Morgan fingerprint density at radius 1 is 1.53 bits per heavy atom. The number of aliphatic carboxylic acids is 1. The van der Waals surface area contributed by atoms with E-state index in [2.05, 4.69) is 15.9 Å². The van der Waals surface area contributed by atoms with Crippen LogP contribution in [0, 0.1) is 12.3 Å². The molecule has 0 amide bonds. The summed E-state index contributed by atoms with van der Waals surface area (Å²) in [6.07, 6.45) is 9.88. The zero-order valence-electron chi connectivity index (χ0n) is 8.26. The summed E-state index contributed by atoms with van der Waals surface area (Å²) >= 11 is 0. The maximum absolute atomic E-state index is 10.3. The van der Waals surface area contributed by atoms with Crippen LogP contribution in [0.1, 0.15) is 31.0 Å². The number of nitrogens with zero attached hydrogens (tertiary/aromatic N) is 2. The molecule has 78 valence electrons. The van der Waals surface area contributed by atoms with Crippen molar-refractivity contribution in [2.24, 2.45) is 0 Å². The molecular formula is C11H12N2O2. The van der Waals surface area contributed by atoms with E-state index < -0.39 is 5.97 Å². The first-order valence-corrected chi connectivity index (χ1v) is 4.69. The van der Waals surface area contributed by atoms with Crippen LogP contribution in [0.3, 0.4) is 0 Å². The number of hydrogen-bond donors (Lipinski definition) is 1. The molecule has 1 unspecified atom stereocenters. The minimum atomic E-state index is -0.806. The molecule has 0 aliphatic carbocycles. The van der Waals surface area contributed by atoms with Crippen molar-refractivity contribution in [2.75, 3.05) is 0 Å². The van der Waals surface area contributed by atoms with E-state index in [1.54, 1.807) is 18.5 Å². The molecule has 0 saturated heterocycles. The maximum atomic E-state index is 10.3. The standard InChI is InChI=1S/C11H12N2O2/c1-2-9(5-3-6-10(14)15)11-12-7-4-8-13-11/h1,4,7-9H,3,5-6H2,(H,14,15). The fourth-order valence-corrected chi connectivity index (χ4v) is 1.23. The van der Waals surface area contributed by atoms with Crippen LogP contribution in [-0.2, 0) is 4.79 Å². The summed E-state index contributed by atoms with van der Waals surface area (Å²) in [6.45, 7) is 0. The molecule has 4 heteroatoms. The van der Waals surface area contributed by atoms with E-state index in [1.165, 1.54) is 0 Å². The molecule has 1 aromatic rings. The molecule has 1 atom stereocenters. The lowest BCUT2D eigenvalue weighted by molar-refractivity contribution is -0.137. The topological polar surface area (TPSA) is 63.1 Å². The summed E-state index contributed by atoms with van der Waals surface area (Å²) in [5.41, 5.74) is 0. The Labute approximate surface area is 88.4 Å². The Balaban J connectivity index is 2.51. The molecular weight excluding hydrogens is 192 g/mol.